The fraction of sp³-hybridized carbons (Fsp3) is 0.333. The lowest BCUT2D eigenvalue weighted by Crippen LogP contribution is -2.21. The van der Waals surface area contributed by atoms with Gasteiger partial charge in [0.05, 0.1) is 12.6 Å². The lowest BCUT2D eigenvalue weighted by Gasteiger charge is -2.25. The van der Waals surface area contributed by atoms with Crippen molar-refractivity contribution in [1.29, 1.82) is 0 Å². The maximum absolute atomic E-state index is 5.96. The van der Waals surface area contributed by atoms with Crippen molar-refractivity contribution in [3.8, 4) is 5.75 Å². The summed E-state index contributed by atoms with van der Waals surface area (Å²) in [7, 11) is 2.00. The highest BCUT2D eigenvalue weighted by atomic mass is 79.9. The van der Waals surface area contributed by atoms with Crippen LogP contribution in [-0.4, -0.2) is 13.7 Å². The summed E-state index contributed by atoms with van der Waals surface area (Å²) in [6.07, 6.45) is 2.22. The van der Waals surface area contributed by atoms with Crippen LogP contribution in [0.25, 0.3) is 0 Å². The Morgan fingerprint density at radius 1 is 1.24 bits per heavy atom. The molecule has 0 saturated heterocycles. The molecule has 1 aliphatic rings. The summed E-state index contributed by atoms with van der Waals surface area (Å²) in [5.74, 6) is 1.07. The average Bonchev–Trinajstić information content (AvgIpc) is 2.52. The quantitative estimate of drug-likeness (QED) is 0.890. The van der Waals surface area contributed by atoms with Crippen LogP contribution < -0.4 is 10.1 Å². The predicted molar refractivity (Wildman–Crippen MR) is 90.0 cm³/mol. The highest BCUT2D eigenvalue weighted by Crippen LogP contribution is 2.36. The van der Waals surface area contributed by atoms with E-state index in [4.69, 9.17) is 4.74 Å². The second-order valence-corrected chi connectivity index (χ2v) is 6.37. The Kier molecular flexibility index (Phi) is 4.32. The zero-order chi connectivity index (χ0) is 14.8. The summed E-state index contributed by atoms with van der Waals surface area (Å²) in [6.45, 7) is 2.94. The van der Waals surface area contributed by atoms with E-state index in [1.54, 1.807) is 0 Å². The minimum Gasteiger partial charge on any atom is -0.493 e. The van der Waals surface area contributed by atoms with E-state index in [0.29, 0.717) is 0 Å². The van der Waals surface area contributed by atoms with Crippen LogP contribution in [0.4, 0.5) is 0 Å². The number of para-hydroxylation sites is 1. The van der Waals surface area contributed by atoms with Crippen molar-refractivity contribution in [2.45, 2.75) is 25.8 Å². The maximum atomic E-state index is 5.96. The lowest BCUT2D eigenvalue weighted by atomic mass is 9.93. The van der Waals surface area contributed by atoms with Gasteiger partial charge in [-0.15, -0.1) is 0 Å². The fourth-order valence-electron chi connectivity index (χ4n) is 2.99. The molecule has 3 rings (SSSR count). The van der Waals surface area contributed by atoms with Crippen molar-refractivity contribution in [3.63, 3.8) is 0 Å². The normalized spacial score (nSPS) is 15.2. The third-order valence-corrected chi connectivity index (χ3v) is 4.97. The minimum atomic E-state index is 0.157. The number of benzene rings is 2. The Balaban J connectivity index is 2.06. The SMILES string of the molecule is CNC(c1ccc(Br)c(C)c1)c1cccc2c1OCCC2. The van der Waals surface area contributed by atoms with Gasteiger partial charge in [-0.25, -0.2) is 0 Å². The summed E-state index contributed by atoms with van der Waals surface area (Å²) in [4.78, 5) is 0. The third kappa shape index (κ3) is 2.85. The van der Waals surface area contributed by atoms with Gasteiger partial charge >= 0.3 is 0 Å². The Morgan fingerprint density at radius 3 is 2.86 bits per heavy atom. The molecule has 1 atom stereocenters. The van der Waals surface area contributed by atoms with Crippen LogP contribution >= 0.6 is 15.9 Å². The second kappa shape index (κ2) is 6.20. The van der Waals surface area contributed by atoms with Gasteiger partial charge in [0.1, 0.15) is 5.75 Å². The van der Waals surface area contributed by atoms with E-state index in [2.05, 4.69) is 64.6 Å². The van der Waals surface area contributed by atoms with E-state index in [1.165, 1.54) is 22.3 Å². The Morgan fingerprint density at radius 2 is 2.10 bits per heavy atom. The summed E-state index contributed by atoms with van der Waals surface area (Å²) in [5, 5.41) is 3.44. The van der Waals surface area contributed by atoms with Gasteiger partial charge in [-0.3, -0.25) is 0 Å². The minimum absolute atomic E-state index is 0.157. The smallest absolute Gasteiger partial charge is 0.127 e. The van der Waals surface area contributed by atoms with Crippen molar-refractivity contribution in [2.75, 3.05) is 13.7 Å². The van der Waals surface area contributed by atoms with Crippen LogP contribution in [0.2, 0.25) is 0 Å². The number of aryl methyl sites for hydroxylation is 2. The van der Waals surface area contributed by atoms with E-state index < -0.39 is 0 Å². The highest BCUT2D eigenvalue weighted by Gasteiger charge is 2.21. The molecule has 1 unspecified atom stereocenters. The predicted octanol–water partition coefficient (Wildman–Crippen LogP) is 4.39. The number of halogens is 1. The van der Waals surface area contributed by atoms with Crippen molar-refractivity contribution < 1.29 is 4.74 Å². The number of hydrogen-bond acceptors (Lipinski definition) is 2. The van der Waals surface area contributed by atoms with Crippen molar-refractivity contribution in [1.82, 2.24) is 5.32 Å². The standard InChI is InChI=1S/C18H20BrNO/c1-12-11-14(8-9-16(12)19)17(20-2)15-7-3-5-13-6-4-10-21-18(13)15/h3,5,7-9,11,17,20H,4,6,10H2,1-2H3. The molecule has 0 bridgehead atoms. The first-order valence-electron chi connectivity index (χ1n) is 7.38. The first kappa shape index (κ1) is 14.6. The monoisotopic (exact) mass is 345 g/mol. The molecule has 0 radical (unpaired) electrons. The molecule has 2 aromatic carbocycles. The second-order valence-electron chi connectivity index (χ2n) is 5.52. The van der Waals surface area contributed by atoms with Crippen molar-refractivity contribution in [3.05, 3.63) is 63.1 Å². The number of fused-ring (bicyclic) bond motifs is 1. The number of hydrogen-bond donors (Lipinski definition) is 1. The van der Waals surface area contributed by atoms with Gasteiger partial charge in [-0.2, -0.15) is 0 Å². The molecule has 0 fully saturated rings. The van der Waals surface area contributed by atoms with E-state index in [9.17, 15) is 0 Å². The zero-order valence-electron chi connectivity index (χ0n) is 12.4. The molecule has 0 aliphatic carbocycles. The van der Waals surface area contributed by atoms with Gasteiger partial charge in [0.2, 0.25) is 0 Å². The number of ether oxygens (including phenoxy) is 1. The summed E-state index contributed by atoms with van der Waals surface area (Å²) < 4.78 is 7.11. The van der Waals surface area contributed by atoms with Crippen LogP contribution in [0.15, 0.2) is 40.9 Å². The largest absolute Gasteiger partial charge is 0.493 e. The van der Waals surface area contributed by atoms with E-state index in [-0.39, 0.29) is 6.04 Å². The van der Waals surface area contributed by atoms with E-state index >= 15 is 0 Å². The van der Waals surface area contributed by atoms with Gasteiger partial charge in [0, 0.05) is 10.0 Å². The lowest BCUT2D eigenvalue weighted by molar-refractivity contribution is 0.283. The average molecular weight is 346 g/mol. The van der Waals surface area contributed by atoms with Crippen LogP contribution in [0.5, 0.6) is 5.75 Å². The molecule has 0 aromatic heterocycles. The fourth-order valence-corrected chi connectivity index (χ4v) is 3.24. The zero-order valence-corrected chi connectivity index (χ0v) is 14.0. The van der Waals surface area contributed by atoms with Gasteiger partial charge in [0.25, 0.3) is 0 Å². The van der Waals surface area contributed by atoms with Gasteiger partial charge < -0.3 is 10.1 Å². The first-order chi connectivity index (χ1) is 10.2. The Bertz CT molecular complexity index is 654. The third-order valence-electron chi connectivity index (χ3n) is 4.08. The Hall–Kier alpha value is -1.32. The molecule has 3 heteroatoms. The van der Waals surface area contributed by atoms with Crippen LogP contribution in [0.3, 0.4) is 0 Å². The van der Waals surface area contributed by atoms with Crippen molar-refractivity contribution in [2.24, 2.45) is 0 Å². The maximum Gasteiger partial charge on any atom is 0.127 e. The summed E-state index contributed by atoms with van der Waals surface area (Å²) in [5.41, 5.74) is 5.07. The number of rotatable bonds is 3. The molecule has 1 aliphatic heterocycles. The molecule has 1 N–H and O–H groups in total. The van der Waals surface area contributed by atoms with Crippen LogP contribution in [0.1, 0.15) is 34.7 Å². The Labute approximate surface area is 134 Å². The molecule has 0 spiro atoms. The first-order valence-corrected chi connectivity index (χ1v) is 8.18. The van der Waals surface area contributed by atoms with Crippen LogP contribution in [-0.2, 0) is 6.42 Å². The van der Waals surface area contributed by atoms with E-state index in [1.807, 2.05) is 7.05 Å². The summed E-state index contributed by atoms with van der Waals surface area (Å²) >= 11 is 3.57. The molecule has 1 heterocycles. The summed E-state index contributed by atoms with van der Waals surface area (Å²) in [6, 6.07) is 13.2. The van der Waals surface area contributed by atoms with Gasteiger partial charge in [-0.05, 0) is 49.6 Å². The van der Waals surface area contributed by atoms with Crippen LogP contribution in [0, 0.1) is 6.92 Å². The molecular formula is C18H20BrNO. The molecule has 2 aromatic rings. The molecule has 0 saturated carbocycles. The molecule has 0 amide bonds. The molecule has 2 nitrogen and oxygen atoms in total. The number of nitrogens with one attached hydrogen (secondary N) is 1. The molecule has 21 heavy (non-hydrogen) atoms. The topological polar surface area (TPSA) is 21.3 Å². The van der Waals surface area contributed by atoms with Crippen molar-refractivity contribution >= 4 is 15.9 Å². The molecule has 110 valence electrons. The van der Waals surface area contributed by atoms with E-state index in [0.717, 1.165) is 29.7 Å². The molecular weight excluding hydrogens is 326 g/mol. The van der Waals surface area contributed by atoms with Gasteiger partial charge in [-0.1, -0.05) is 46.3 Å². The van der Waals surface area contributed by atoms with Gasteiger partial charge in [0.15, 0.2) is 0 Å². The highest BCUT2D eigenvalue weighted by molar-refractivity contribution is 9.10.